The van der Waals surface area contributed by atoms with E-state index in [9.17, 15) is 9.59 Å². The van der Waals surface area contributed by atoms with E-state index in [1.807, 2.05) is 24.3 Å². The van der Waals surface area contributed by atoms with Gasteiger partial charge in [0.1, 0.15) is 11.6 Å². The fourth-order valence-corrected chi connectivity index (χ4v) is 4.30. The molecule has 0 saturated heterocycles. The fourth-order valence-electron chi connectivity index (χ4n) is 4.30. The topological polar surface area (TPSA) is 86.1 Å². The summed E-state index contributed by atoms with van der Waals surface area (Å²) in [6.45, 7) is 2.64. The van der Waals surface area contributed by atoms with Crippen LogP contribution in [0.2, 0.25) is 0 Å². The van der Waals surface area contributed by atoms with Crippen molar-refractivity contribution in [3.8, 4) is 5.75 Å². The van der Waals surface area contributed by atoms with Crippen molar-refractivity contribution in [3.05, 3.63) is 64.3 Å². The summed E-state index contributed by atoms with van der Waals surface area (Å²) in [6, 6.07) is 11.3. The first-order chi connectivity index (χ1) is 15.5. The molecule has 7 nitrogen and oxygen atoms in total. The molecular weight excluding hydrogens is 404 g/mol. The minimum absolute atomic E-state index is 0.0101. The van der Waals surface area contributed by atoms with Gasteiger partial charge in [-0.2, -0.15) is 0 Å². The van der Waals surface area contributed by atoms with Crippen LogP contribution in [-0.4, -0.2) is 33.6 Å². The van der Waals surface area contributed by atoms with Gasteiger partial charge in [-0.15, -0.1) is 0 Å². The average Bonchev–Trinajstić information content (AvgIpc) is 2.82. The lowest BCUT2D eigenvalue weighted by molar-refractivity contribution is -0.122. The van der Waals surface area contributed by atoms with E-state index in [0.717, 1.165) is 42.9 Å². The molecule has 0 unspecified atom stereocenters. The van der Waals surface area contributed by atoms with Gasteiger partial charge in [0.2, 0.25) is 5.91 Å². The molecule has 4 rings (SSSR count). The standard InChI is InChI=1S/C25H30N4O3/c1-17-5-9-19(10-6-17)27-23(30)14-13-22-28-24-21(4-3-15-26-24)25(31)29(22)16-18-7-11-20(32-2)12-8-18/h3-4,7-8,11-12,15,17,19H,5-6,9-10,13-14,16H2,1-2H3,(H,27,30). The number of rotatable bonds is 7. The molecule has 7 heteroatoms. The van der Waals surface area contributed by atoms with Gasteiger partial charge in [-0.3, -0.25) is 14.2 Å². The monoisotopic (exact) mass is 434 g/mol. The maximum absolute atomic E-state index is 13.2. The zero-order valence-corrected chi connectivity index (χ0v) is 18.7. The van der Waals surface area contributed by atoms with Crippen LogP contribution in [0.15, 0.2) is 47.4 Å². The Balaban J connectivity index is 1.54. The molecule has 168 valence electrons. The van der Waals surface area contributed by atoms with Gasteiger partial charge in [0.25, 0.3) is 5.56 Å². The largest absolute Gasteiger partial charge is 0.497 e. The fraction of sp³-hybridized carbons (Fsp3) is 0.440. The molecule has 3 aromatic rings. The van der Waals surface area contributed by atoms with Crippen molar-refractivity contribution in [2.24, 2.45) is 5.92 Å². The number of methoxy groups -OCH3 is 1. The van der Waals surface area contributed by atoms with Crippen molar-refractivity contribution in [2.45, 2.75) is 58.0 Å². The second-order valence-electron chi connectivity index (χ2n) is 8.67. The number of fused-ring (bicyclic) bond motifs is 1. The third-order valence-corrected chi connectivity index (χ3v) is 6.27. The number of ether oxygens (including phenoxy) is 1. The van der Waals surface area contributed by atoms with Crippen molar-refractivity contribution >= 4 is 16.9 Å². The van der Waals surface area contributed by atoms with Crippen LogP contribution >= 0.6 is 0 Å². The Morgan fingerprint density at radius 2 is 1.91 bits per heavy atom. The molecule has 2 aromatic heterocycles. The first-order valence-corrected chi connectivity index (χ1v) is 11.3. The van der Waals surface area contributed by atoms with Gasteiger partial charge < -0.3 is 10.1 Å². The normalized spacial score (nSPS) is 18.4. The van der Waals surface area contributed by atoms with E-state index in [2.05, 4.69) is 22.2 Å². The third-order valence-electron chi connectivity index (χ3n) is 6.27. The van der Waals surface area contributed by atoms with Crippen molar-refractivity contribution in [1.82, 2.24) is 19.9 Å². The Morgan fingerprint density at radius 3 is 2.62 bits per heavy atom. The summed E-state index contributed by atoms with van der Waals surface area (Å²) in [6.07, 6.45) is 6.68. The van der Waals surface area contributed by atoms with Crippen molar-refractivity contribution in [3.63, 3.8) is 0 Å². The Labute approximate surface area is 187 Å². The van der Waals surface area contributed by atoms with Crippen LogP contribution in [0.5, 0.6) is 5.75 Å². The van der Waals surface area contributed by atoms with Crippen molar-refractivity contribution in [2.75, 3.05) is 7.11 Å². The molecule has 1 aromatic carbocycles. The maximum atomic E-state index is 13.2. The summed E-state index contributed by atoms with van der Waals surface area (Å²) in [5, 5.41) is 3.64. The maximum Gasteiger partial charge on any atom is 0.263 e. The molecule has 2 heterocycles. The number of aryl methyl sites for hydroxylation is 1. The third kappa shape index (κ3) is 5.15. The van der Waals surface area contributed by atoms with E-state index in [0.29, 0.717) is 36.2 Å². The van der Waals surface area contributed by atoms with E-state index < -0.39 is 0 Å². The second kappa shape index (κ2) is 9.94. The predicted molar refractivity (Wildman–Crippen MR) is 124 cm³/mol. The van der Waals surface area contributed by atoms with Gasteiger partial charge in [0.15, 0.2) is 5.65 Å². The summed E-state index contributed by atoms with van der Waals surface area (Å²) in [5.41, 5.74) is 1.23. The van der Waals surface area contributed by atoms with E-state index in [-0.39, 0.29) is 17.5 Å². The van der Waals surface area contributed by atoms with E-state index in [1.54, 1.807) is 30.0 Å². The molecule has 1 saturated carbocycles. The number of nitrogens with zero attached hydrogens (tertiary/aromatic N) is 3. The van der Waals surface area contributed by atoms with Gasteiger partial charge >= 0.3 is 0 Å². The minimum Gasteiger partial charge on any atom is -0.497 e. The first-order valence-electron chi connectivity index (χ1n) is 11.3. The number of nitrogens with one attached hydrogen (secondary N) is 1. The van der Waals surface area contributed by atoms with E-state index >= 15 is 0 Å². The van der Waals surface area contributed by atoms with Gasteiger partial charge in [-0.1, -0.05) is 19.1 Å². The van der Waals surface area contributed by atoms with Gasteiger partial charge in [0.05, 0.1) is 19.0 Å². The summed E-state index contributed by atoms with van der Waals surface area (Å²) < 4.78 is 6.88. The van der Waals surface area contributed by atoms with Crippen LogP contribution in [0.25, 0.3) is 11.0 Å². The lowest BCUT2D eigenvalue weighted by Gasteiger charge is -2.26. The smallest absolute Gasteiger partial charge is 0.263 e. The Hall–Kier alpha value is -3.22. The Kier molecular flexibility index (Phi) is 6.83. The first kappa shape index (κ1) is 22.0. The number of carbonyl (C=O) groups excluding carboxylic acids is 1. The molecule has 0 atom stereocenters. The van der Waals surface area contributed by atoms with Crippen LogP contribution in [-0.2, 0) is 17.8 Å². The quantitative estimate of drug-likeness (QED) is 0.615. The van der Waals surface area contributed by atoms with Crippen molar-refractivity contribution < 1.29 is 9.53 Å². The molecular formula is C25H30N4O3. The highest BCUT2D eigenvalue weighted by Crippen LogP contribution is 2.23. The van der Waals surface area contributed by atoms with E-state index in [1.165, 1.54) is 0 Å². The molecule has 1 amide bonds. The molecule has 1 N–H and O–H groups in total. The molecule has 1 aliphatic carbocycles. The molecule has 0 aliphatic heterocycles. The van der Waals surface area contributed by atoms with Gasteiger partial charge in [-0.25, -0.2) is 9.97 Å². The minimum atomic E-state index is -0.143. The van der Waals surface area contributed by atoms with Crippen LogP contribution in [0.1, 0.15) is 50.4 Å². The molecule has 0 bridgehead atoms. The number of aromatic nitrogens is 3. The number of amides is 1. The summed E-state index contributed by atoms with van der Waals surface area (Å²) in [4.78, 5) is 34.7. The molecule has 1 aliphatic rings. The average molecular weight is 435 g/mol. The van der Waals surface area contributed by atoms with Crippen molar-refractivity contribution in [1.29, 1.82) is 0 Å². The zero-order valence-electron chi connectivity index (χ0n) is 18.7. The highest BCUT2D eigenvalue weighted by atomic mass is 16.5. The SMILES string of the molecule is COc1ccc(Cn2c(CCC(=O)NC3CCC(C)CC3)nc3ncccc3c2=O)cc1. The van der Waals surface area contributed by atoms with Gasteiger partial charge in [-0.05, 0) is 61.4 Å². The highest BCUT2D eigenvalue weighted by molar-refractivity contribution is 5.76. The summed E-state index contributed by atoms with van der Waals surface area (Å²) in [5.74, 6) is 2.08. The number of hydrogen-bond acceptors (Lipinski definition) is 5. The number of carbonyl (C=O) groups is 1. The zero-order chi connectivity index (χ0) is 22.5. The van der Waals surface area contributed by atoms with E-state index in [4.69, 9.17) is 4.74 Å². The predicted octanol–water partition coefficient (Wildman–Crippen LogP) is 3.48. The Bertz CT molecular complexity index is 1130. The molecule has 0 radical (unpaired) electrons. The lowest BCUT2D eigenvalue weighted by atomic mass is 9.87. The molecule has 1 fully saturated rings. The van der Waals surface area contributed by atoms with Crippen LogP contribution in [0.4, 0.5) is 0 Å². The van der Waals surface area contributed by atoms with Gasteiger partial charge in [0, 0.05) is 25.1 Å². The molecule has 32 heavy (non-hydrogen) atoms. The number of hydrogen-bond donors (Lipinski definition) is 1. The lowest BCUT2D eigenvalue weighted by Crippen LogP contribution is -2.37. The summed E-state index contributed by atoms with van der Waals surface area (Å²) >= 11 is 0. The molecule has 0 spiro atoms. The highest BCUT2D eigenvalue weighted by Gasteiger charge is 2.20. The number of pyridine rings is 1. The second-order valence-corrected chi connectivity index (χ2v) is 8.67. The number of benzene rings is 1. The summed E-state index contributed by atoms with van der Waals surface area (Å²) in [7, 11) is 1.62. The van der Waals surface area contributed by atoms with Crippen LogP contribution < -0.4 is 15.6 Å². The van der Waals surface area contributed by atoms with Crippen LogP contribution in [0.3, 0.4) is 0 Å². The Morgan fingerprint density at radius 1 is 1.16 bits per heavy atom. The van der Waals surface area contributed by atoms with Crippen LogP contribution in [0, 0.1) is 5.92 Å².